The van der Waals surface area contributed by atoms with Crippen molar-refractivity contribution in [2.45, 2.75) is 25.7 Å². The largest absolute Gasteiger partial charge is 0.395 e. The lowest BCUT2D eigenvalue weighted by atomic mass is 10.1. The van der Waals surface area contributed by atoms with E-state index in [-0.39, 0.29) is 0 Å². The second-order valence-electron chi connectivity index (χ2n) is 6.31. The van der Waals surface area contributed by atoms with E-state index in [4.69, 9.17) is 10.0 Å². The van der Waals surface area contributed by atoms with E-state index in [2.05, 4.69) is 53.6 Å². The van der Waals surface area contributed by atoms with Crippen LogP contribution in [0.25, 0.3) is 21.5 Å². The molecule has 3 rings (SSSR count). The number of hydrogen-bond acceptors (Lipinski definition) is 4. The zero-order valence-electron chi connectivity index (χ0n) is 14.8. The average molecular weight is 348 g/mol. The summed E-state index contributed by atoms with van der Waals surface area (Å²) in [4.78, 5) is 5.65. The van der Waals surface area contributed by atoms with Crippen LogP contribution >= 0.6 is 0 Å². The summed E-state index contributed by atoms with van der Waals surface area (Å²) in [7, 11) is 0. The first-order valence-corrected chi connectivity index (χ1v) is 8.94. The van der Waals surface area contributed by atoms with Crippen LogP contribution in [0.5, 0.6) is 0 Å². The average Bonchev–Trinajstić information content (AvgIpc) is 2.84. The van der Waals surface area contributed by atoms with E-state index in [1.807, 2.05) is 24.3 Å². The Balaban J connectivity index is 1.79. The molecule has 0 heterocycles. The molecule has 0 aromatic heterocycles. The van der Waals surface area contributed by atoms with Crippen LogP contribution < -0.4 is 10.8 Å². The predicted octanol–water partition coefficient (Wildman–Crippen LogP) is 4.88. The van der Waals surface area contributed by atoms with Crippen molar-refractivity contribution in [3.8, 4) is 0 Å². The minimum Gasteiger partial charge on any atom is -0.395 e. The SMILES string of the molecule is C=C(CCCCCON=c1c2ccccc2ccc2ccccc12)NO. The van der Waals surface area contributed by atoms with Crippen LogP contribution in [0, 0.1) is 0 Å². The molecule has 0 unspecified atom stereocenters. The molecule has 134 valence electrons. The molecule has 0 spiro atoms. The van der Waals surface area contributed by atoms with Crippen molar-refractivity contribution in [1.29, 1.82) is 0 Å². The zero-order valence-corrected chi connectivity index (χ0v) is 14.8. The maximum atomic E-state index is 8.71. The summed E-state index contributed by atoms with van der Waals surface area (Å²) < 4.78 is 0. The molecule has 0 aliphatic carbocycles. The van der Waals surface area contributed by atoms with Crippen LogP contribution in [0.3, 0.4) is 0 Å². The number of fused-ring (bicyclic) bond motifs is 2. The lowest BCUT2D eigenvalue weighted by molar-refractivity contribution is 0.130. The lowest BCUT2D eigenvalue weighted by Gasteiger charge is -2.03. The highest BCUT2D eigenvalue weighted by Crippen LogP contribution is 2.15. The van der Waals surface area contributed by atoms with E-state index in [1.54, 1.807) is 0 Å². The predicted molar refractivity (Wildman–Crippen MR) is 105 cm³/mol. The van der Waals surface area contributed by atoms with Crippen molar-refractivity contribution in [2.24, 2.45) is 5.16 Å². The van der Waals surface area contributed by atoms with E-state index >= 15 is 0 Å². The van der Waals surface area contributed by atoms with Gasteiger partial charge in [0.05, 0.1) is 0 Å². The number of rotatable bonds is 8. The summed E-state index contributed by atoms with van der Waals surface area (Å²) in [6.07, 6.45) is 3.64. The molecule has 3 aromatic rings. The highest BCUT2D eigenvalue weighted by atomic mass is 16.6. The summed E-state index contributed by atoms with van der Waals surface area (Å²) in [6.45, 7) is 4.27. The fraction of sp³-hybridized carbons (Fsp3) is 0.227. The fourth-order valence-corrected chi connectivity index (χ4v) is 2.99. The molecule has 0 aliphatic heterocycles. The monoisotopic (exact) mass is 348 g/mol. The third-order valence-electron chi connectivity index (χ3n) is 4.40. The standard InChI is InChI=1S/C22H24N2O2/c1-17(23-25)9-3-2-8-16-26-24-22-20-12-6-4-10-18(20)14-15-19-11-5-7-13-21(19)22/h4-7,10-15,23,25H,1-3,8-9,16H2. The normalized spacial score (nSPS) is 10.7. The zero-order chi connectivity index (χ0) is 18.2. The minimum atomic E-state index is 0.570. The third kappa shape index (κ3) is 4.41. The molecule has 0 amide bonds. The number of hydroxylamine groups is 1. The smallest absolute Gasteiger partial charge is 0.118 e. The molecule has 0 radical (unpaired) electrons. The maximum Gasteiger partial charge on any atom is 0.118 e. The Kier molecular flexibility index (Phi) is 6.23. The van der Waals surface area contributed by atoms with Gasteiger partial charge < -0.3 is 4.84 Å². The van der Waals surface area contributed by atoms with Crippen LogP contribution in [-0.2, 0) is 4.84 Å². The van der Waals surface area contributed by atoms with E-state index in [0.29, 0.717) is 12.3 Å². The van der Waals surface area contributed by atoms with Crippen molar-refractivity contribution in [3.05, 3.63) is 78.3 Å². The second kappa shape index (κ2) is 9.02. The summed E-state index contributed by atoms with van der Waals surface area (Å²) in [6, 6.07) is 20.7. The molecule has 0 saturated carbocycles. The van der Waals surface area contributed by atoms with Gasteiger partial charge >= 0.3 is 0 Å². The van der Waals surface area contributed by atoms with Gasteiger partial charge in [0, 0.05) is 16.5 Å². The molecule has 26 heavy (non-hydrogen) atoms. The van der Waals surface area contributed by atoms with E-state index in [9.17, 15) is 0 Å². The molecule has 4 nitrogen and oxygen atoms in total. The highest BCUT2D eigenvalue weighted by molar-refractivity contribution is 5.92. The second-order valence-corrected chi connectivity index (χ2v) is 6.31. The number of hydrogen-bond donors (Lipinski definition) is 2. The molecule has 3 aromatic carbocycles. The van der Waals surface area contributed by atoms with Crippen molar-refractivity contribution < 1.29 is 10.0 Å². The number of benzene rings is 2. The van der Waals surface area contributed by atoms with Crippen LogP contribution in [0.1, 0.15) is 25.7 Å². The van der Waals surface area contributed by atoms with E-state index in [1.165, 1.54) is 0 Å². The number of nitrogens with zero attached hydrogens (tertiary/aromatic N) is 1. The van der Waals surface area contributed by atoms with E-state index < -0.39 is 0 Å². The first-order chi connectivity index (χ1) is 12.8. The lowest BCUT2D eigenvalue weighted by Crippen LogP contribution is -2.05. The number of unbranched alkanes of at least 4 members (excludes halogenated alkanes) is 2. The van der Waals surface area contributed by atoms with Crippen LogP contribution in [-0.4, -0.2) is 11.8 Å². The quantitative estimate of drug-likeness (QED) is 0.451. The van der Waals surface area contributed by atoms with Crippen molar-refractivity contribution >= 4 is 21.5 Å². The Morgan fingerprint density at radius 3 is 2.12 bits per heavy atom. The van der Waals surface area contributed by atoms with Gasteiger partial charge in [-0.3, -0.25) is 10.7 Å². The van der Waals surface area contributed by atoms with Gasteiger partial charge in [-0.1, -0.05) is 72.4 Å². The highest BCUT2D eigenvalue weighted by Gasteiger charge is 2.01. The fourth-order valence-electron chi connectivity index (χ4n) is 2.99. The molecule has 0 atom stereocenters. The van der Waals surface area contributed by atoms with Gasteiger partial charge in [-0.25, -0.2) is 0 Å². The molecular formula is C22H24N2O2. The van der Waals surface area contributed by atoms with Crippen LogP contribution in [0.2, 0.25) is 0 Å². The topological polar surface area (TPSA) is 53.8 Å². The van der Waals surface area contributed by atoms with Crippen LogP contribution in [0.4, 0.5) is 0 Å². The van der Waals surface area contributed by atoms with Gasteiger partial charge in [-0.05, 0) is 36.5 Å². The number of allylic oxidation sites excluding steroid dienone is 1. The maximum absolute atomic E-state index is 8.71. The Hall–Kier alpha value is -2.85. The molecule has 0 aliphatic rings. The van der Waals surface area contributed by atoms with Crippen molar-refractivity contribution in [2.75, 3.05) is 6.61 Å². The van der Waals surface area contributed by atoms with Gasteiger partial charge in [0.15, 0.2) is 0 Å². The Morgan fingerprint density at radius 1 is 0.885 bits per heavy atom. The molecule has 0 bridgehead atoms. The molecule has 2 N–H and O–H groups in total. The summed E-state index contributed by atoms with van der Waals surface area (Å²) >= 11 is 0. The van der Waals surface area contributed by atoms with Gasteiger partial charge in [0.1, 0.15) is 12.0 Å². The Labute approximate surface area is 153 Å². The Bertz CT molecular complexity index is 905. The summed E-state index contributed by atoms with van der Waals surface area (Å²) in [5, 5.41) is 18.5. The molecule has 4 heteroatoms. The Morgan fingerprint density at radius 2 is 1.50 bits per heavy atom. The van der Waals surface area contributed by atoms with Gasteiger partial charge in [-0.2, -0.15) is 0 Å². The number of nitrogens with one attached hydrogen (secondary N) is 1. The summed E-state index contributed by atoms with van der Waals surface area (Å²) in [5.74, 6) is 0. The van der Waals surface area contributed by atoms with Crippen LogP contribution in [0.15, 0.2) is 78.1 Å². The van der Waals surface area contributed by atoms with Crippen molar-refractivity contribution in [3.63, 3.8) is 0 Å². The van der Waals surface area contributed by atoms with Gasteiger partial charge in [0.25, 0.3) is 0 Å². The minimum absolute atomic E-state index is 0.570. The third-order valence-corrected chi connectivity index (χ3v) is 4.40. The van der Waals surface area contributed by atoms with Gasteiger partial charge in [0.2, 0.25) is 0 Å². The molecule has 0 fully saturated rings. The van der Waals surface area contributed by atoms with Crippen molar-refractivity contribution in [1.82, 2.24) is 5.48 Å². The first-order valence-electron chi connectivity index (χ1n) is 8.94. The van der Waals surface area contributed by atoms with E-state index in [0.717, 1.165) is 52.6 Å². The molecular weight excluding hydrogens is 324 g/mol. The molecule has 0 saturated heterocycles. The summed E-state index contributed by atoms with van der Waals surface area (Å²) in [5.41, 5.74) is 2.73. The first kappa shape index (κ1) is 18.0. The van der Waals surface area contributed by atoms with Gasteiger partial charge in [-0.15, -0.1) is 0 Å².